The van der Waals surface area contributed by atoms with E-state index in [-0.39, 0.29) is 17.3 Å². The van der Waals surface area contributed by atoms with Gasteiger partial charge >= 0.3 is 0 Å². The maximum atomic E-state index is 12.1. The Morgan fingerprint density at radius 2 is 1.84 bits per heavy atom. The van der Waals surface area contributed by atoms with E-state index in [4.69, 9.17) is 4.74 Å². The molecule has 0 unspecified atom stereocenters. The highest BCUT2D eigenvalue weighted by Crippen LogP contribution is 2.23. The number of nitrogens with one attached hydrogen (secondary N) is 2. The summed E-state index contributed by atoms with van der Waals surface area (Å²) in [5.74, 6) is 0.292. The van der Waals surface area contributed by atoms with E-state index in [2.05, 4.69) is 10.6 Å². The van der Waals surface area contributed by atoms with Gasteiger partial charge in [0.25, 0.3) is 0 Å². The van der Waals surface area contributed by atoms with Gasteiger partial charge in [-0.2, -0.15) is 0 Å². The van der Waals surface area contributed by atoms with Gasteiger partial charge in [-0.15, -0.1) is 0 Å². The predicted molar refractivity (Wildman–Crippen MR) is 97.4 cm³/mol. The van der Waals surface area contributed by atoms with Crippen molar-refractivity contribution in [2.75, 3.05) is 38.4 Å². The molecule has 0 spiro atoms. The molecule has 1 amide bonds. The van der Waals surface area contributed by atoms with Crippen LogP contribution in [0.1, 0.15) is 0 Å². The Kier molecular flexibility index (Phi) is 6.00. The highest BCUT2D eigenvalue weighted by Gasteiger charge is 2.17. The van der Waals surface area contributed by atoms with Crippen molar-refractivity contribution in [3.05, 3.63) is 48.5 Å². The Bertz CT molecular complexity index is 850. The molecule has 0 fully saturated rings. The summed E-state index contributed by atoms with van der Waals surface area (Å²) in [6.45, 7) is -0.0104. The second-order valence-corrected chi connectivity index (χ2v) is 7.57. The summed E-state index contributed by atoms with van der Waals surface area (Å²) >= 11 is 0. The maximum Gasteiger partial charge on any atom is 0.243 e. The molecule has 2 rings (SSSR count). The molecule has 0 aliphatic carbocycles. The third-order valence-corrected chi connectivity index (χ3v) is 5.26. The molecule has 0 aromatic heterocycles. The molecule has 2 aromatic rings. The van der Waals surface area contributed by atoms with E-state index in [0.29, 0.717) is 17.1 Å². The number of ether oxygens (including phenoxy) is 1. The van der Waals surface area contributed by atoms with Crippen LogP contribution in [-0.2, 0) is 14.8 Å². The first-order valence-electron chi connectivity index (χ1n) is 7.54. The monoisotopic (exact) mass is 363 g/mol. The second-order valence-electron chi connectivity index (χ2n) is 5.42. The molecule has 7 nitrogen and oxygen atoms in total. The number of carbonyl (C=O) groups excluding carboxylic acids is 1. The van der Waals surface area contributed by atoms with E-state index >= 15 is 0 Å². The van der Waals surface area contributed by atoms with Gasteiger partial charge in [-0.05, 0) is 30.3 Å². The molecular weight excluding hydrogens is 342 g/mol. The van der Waals surface area contributed by atoms with E-state index in [1.54, 1.807) is 30.3 Å². The van der Waals surface area contributed by atoms with Crippen LogP contribution in [0.2, 0.25) is 0 Å². The van der Waals surface area contributed by atoms with Crippen LogP contribution in [-0.4, -0.2) is 46.4 Å². The molecule has 134 valence electrons. The lowest BCUT2D eigenvalue weighted by molar-refractivity contribution is -0.114. The molecule has 2 aromatic carbocycles. The minimum absolute atomic E-state index is 0.0104. The van der Waals surface area contributed by atoms with Crippen molar-refractivity contribution < 1.29 is 17.9 Å². The van der Waals surface area contributed by atoms with Crippen LogP contribution in [0, 0.1) is 0 Å². The number of para-hydroxylation sites is 2. The quantitative estimate of drug-likeness (QED) is 0.786. The van der Waals surface area contributed by atoms with Crippen molar-refractivity contribution in [2.45, 2.75) is 4.90 Å². The molecule has 0 aliphatic rings. The largest absolute Gasteiger partial charge is 0.495 e. The lowest BCUT2D eigenvalue weighted by Crippen LogP contribution is -2.23. The number of hydrogen-bond acceptors (Lipinski definition) is 5. The summed E-state index contributed by atoms with van der Waals surface area (Å²) in [4.78, 5) is 12.2. The van der Waals surface area contributed by atoms with E-state index in [9.17, 15) is 13.2 Å². The fourth-order valence-corrected chi connectivity index (χ4v) is 3.05. The van der Waals surface area contributed by atoms with Crippen molar-refractivity contribution >= 4 is 27.3 Å². The van der Waals surface area contributed by atoms with Gasteiger partial charge in [0.05, 0.1) is 24.2 Å². The highest BCUT2D eigenvalue weighted by molar-refractivity contribution is 7.89. The van der Waals surface area contributed by atoms with Crippen molar-refractivity contribution in [1.29, 1.82) is 0 Å². The average molecular weight is 363 g/mol. The van der Waals surface area contributed by atoms with Crippen molar-refractivity contribution in [1.82, 2.24) is 4.31 Å². The van der Waals surface area contributed by atoms with Gasteiger partial charge in [0.2, 0.25) is 15.9 Å². The average Bonchev–Trinajstić information content (AvgIpc) is 2.60. The van der Waals surface area contributed by atoms with Gasteiger partial charge in [0.1, 0.15) is 5.75 Å². The predicted octanol–water partition coefficient (Wildman–Crippen LogP) is 2.00. The van der Waals surface area contributed by atoms with E-state index < -0.39 is 10.0 Å². The number of hydrogen-bond donors (Lipinski definition) is 2. The number of nitrogens with zero attached hydrogens (tertiary/aromatic N) is 1. The van der Waals surface area contributed by atoms with Crippen LogP contribution >= 0.6 is 0 Å². The van der Waals surface area contributed by atoms with Gasteiger partial charge in [-0.25, -0.2) is 12.7 Å². The molecule has 0 radical (unpaired) electrons. The van der Waals surface area contributed by atoms with E-state index in [0.717, 1.165) is 4.31 Å². The van der Waals surface area contributed by atoms with Crippen LogP contribution in [0.4, 0.5) is 11.4 Å². The number of rotatable bonds is 7. The molecule has 0 heterocycles. The first kappa shape index (κ1) is 18.8. The Hall–Kier alpha value is -2.58. The topological polar surface area (TPSA) is 87.7 Å². The molecule has 0 saturated carbocycles. The summed E-state index contributed by atoms with van der Waals surface area (Å²) in [7, 11) is 0.945. The van der Waals surface area contributed by atoms with Crippen LogP contribution in [0.3, 0.4) is 0 Å². The fraction of sp³-hybridized carbons (Fsp3) is 0.235. The zero-order valence-corrected chi connectivity index (χ0v) is 15.1. The smallest absolute Gasteiger partial charge is 0.243 e. The summed E-state index contributed by atoms with van der Waals surface area (Å²) in [6, 6.07) is 13.4. The van der Waals surface area contributed by atoms with Crippen molar-refractivity contribution in [3.8, 4) is 5.75 Å². The molecule has 0 atom stereocenters. The van der Waals surface area contributed by atoms with Gasteiger partial charge in [0, 0.05) is 19.8 Å². The molecule has 0 saturated heterocycles. The number of amides is 1. The maximum absolute atomic E-state index is 12.1. The number of carbonyl (C=O) groups is 1. The van der Waals surface area contributed by atoms with Crippen molar-refractivity contribution in [2.24, 2.45) is 0 Å². The zero-order valence-electron chi connectivity index (χ0n) is 14.3. The lowest BCUT2D eigenvalue weighted by Gasteiger charge is -2.13. The summed E-state index contributed by atoms with van der Waals surface area (Å²) in [5, 5.41) is 5.66. The lowest BCUT2D eigenvalue weighted by atomic mass is 10.3. The second kappa shape index (κ2) is 8.00. The van der Waals surface area contributed by atoms with Gasteiger partial charge < -0.3 is 15.4 Å². The number of benzene rings is 2. The minimum atomic E-state index is -3.52. The SMILES string of the molecule is COc1ccccc1NC(=O)CNc1cccc(S(=O)(=O)N(C)C)c1. The molecule has 2 N–H and O–H groups in total. The Morgan fingerprint density at radius 3 is 2.52 bits per heavy atom. The first-order valence-corrected chi connectivity index (χ1v) is 8.98. The molecule has 8 heteroatoms. The number of methoxy groups -OCH3 is 1. The van der Waals surface area contributed by atoms with Crippen LogP contribution in [0.25, 0.3) is 0 Å². The van der Waals surface area contributed by atoms with Crippen molar-refractivity contribution in [3.63, 3.8) is 0 Å². The molecular formula is C17H21N3O4S. The Labute approximate surface area is 147 Å². The fourth-order valence-electron chi connectivity index (χ4n) is 2.10. The standard InChI is InChI=1S/C17H21N3O4S/c1-20(2)25(22,23)14-8-6-7-13(11-14)18-12-17(21)19-15-9-4-5-10-16(15)24-3/h4-11,18H,12H2,1-3H3,(H,19,21). The Morgan fingerprint density at radius 1 is 1.12 bits per heavy atom. The van der Waals surface area contributed by atoms with E-state index in [1.165, 1.54) is 33.3 Å². The van der Waals surface area contributed by atoms with E-state index in [1.807, 2.05) is 6.07 Å². The van der Waals surface area contributed by atoms with Gasteiger partial charge in [0.15, 0.2) is 0 Å². The molecule has 0 aliphatic heterocycles. The summed E-state index contributed by atoms with van der Waals surface area (Å²) in [6.07, 6.45) is 0. The van der Waals surface area contributed by atoms with Crippen LogP contribution < -0.4 is 15.4 Å². The number of anilines is 2. The minimum Gasteiger partial charge on any atom is -0.495 e. The highest BCUT2D eigenvalue weighted by atomic mass is 32.2. The van der Waals surface area contributed by atoms with Gasteiger partial charge in [-0.1, -0.05) is 18.2 Å². The molecule has 25 heavy (non-hydrogen) atoms. The van der Waals surface area contributed by atoms with Gasteiger partial charge in [-0.3, -0.25) is 4.79 Å². The zero-order chi connectivity index (χ0) is 18.4. The summed E-state index contributed by atoms with van der Waals surface area (Å²) in [5.41, 5.74) is 1.11. The first-order chi connectivity index (χ1) is 11.8. The third-order valence-electron chi connectivity index (χ3n) is 3.45. The van der Waals surface area contributed by atoms with Crippen LogP contribution in [0.5, 0.6) is 5.75 Å². The normalized spacial score (nSPS) is 11.2. The Balaban J connectivity index is 2.03. The molecule has 0 bridgehead atoms. The summed E-state index contributed by atoms with van der Waals surface area (Å²) < 4.78 is 30.6. The number of sulfonamides is 1. The third kappa shape index (κ3) is 4.71. The van der Waals surface area contributed by atoms with Crippen LogP contribution in [0.15, 0.2) is 53.4 Å².